The summed E-state index contributed by atoms with van der Waals surface area (Å²) in [6, 6.07) is 15.0. The van der Waals surface area contributed by atoms with Crippen LogP contribution in [0.1, 0.15) is 37.4 Å². The first-order valence-electron chi connectivity index (χ1n) is 8.05. The van der Waals surface area contributed by atoms with Crippen molar-refractivity contribution in [2.24, 2.45) is 0 Å². The Balaban J connectivity index is 1.88. The second-order valence-electron chi connectivity index (χ2n) is 6.18. The van der Waals surface area contributed by atoms with Gasteiger partial charge < -0.3 is 15.6 Å². The topological polar surface area (TPSA) is 89.6 Å². The molecule has 3 aromatic carbocycles. The summed E-state index contributed by atoms with van der Waals surface area (Å²) in [6.07, 6.45) is 0. The van der Waals surface area contributed by atoms with Crippen LogP contribution in [0.3, 0.4) is 0 Å². The minimum absolute atomic E-state index is 0.0173. The Bertz CT molecular complexity index is 1090. The van der Waals surface area contributed by atoms with Gasteiger partial charge in [0.25, 0.3) is 0 Å². The maximum atomic E-state index is 12.9. The highest BCUT2D eigenvalue weighted by Gasteiger charge is 2.35. The number of hydrogen-bond donors (Lipinski definition) is 2. The smallest absolute Gasteiger partial charge is 0.198 e. The second kappa shape index (κ2) is 5.74. The standard InChI is InChI=1S/C21H15NO4/c1-11-5-4-6-12(9-11)26-16-10-15(23)17-18(19(16)22)21(25)14-8-3-2-7-13(14)20(17)24/h2-10,23H,22H2,1H3. The fourth-order valence-corrected chi connectivity index (χ4v) is 3.16. The number of fused-ring (bicyclic) bond motifs is 2. The molecule has 3 N–H and O–H groups in total. The van der Waals surface area contributed by atoms with Crippen LogP contribution < -0.4 is 10.5 Å². The largest absolute Gasteiger partial charge is 0.507 e. The molecular weight excluding hydrogens is 330 g/mol. The zero-order chi connectivity index (χ0) is 18.4. The average Bonchev–Trinajstić information content (AvgIpc) is 2.62. The van der Waals surface area contributed by atoms with Crippen molar-refractivity contribution in [2.75, 3.05) is 5.73 Å². The molecule has 0 amide bonds. The average molecular weight is 345 g/mol. The molecule has 0 radical (unpaired) electrons. The maximum absolute atomic E-state index is 12.9. The normalized spacial score (nSPS) is 12.5. The predicted octanol–water partition coefficient (Wildman–Crippen LogP) is 3.85. The lowest BCUT2D eigenvalue weighted by molar-refractivity contribution is 0.0977. The molecule has 5 heteroatoms. The molecule has 0 unspecified atom stereocenters. The summed E-state index contributed by atoms with van der Waals surface area (Å²) >= 11 is 0. The van der Waals surface area contributed by atoms with Crippen LogP contribution in [0, 0.1) is 6.92 Å². The molecule has 0 aliphatic heterocycles. The van der Waals surface area contributed by atoms with E-state index in [1.807, 2.05) is 19.1 Å². The number of hydrogen-bond acceptors (Lipinski definition) is 5. The van der Waals surface area contributed by atoms with Gasteiger partial charge in [0.2, 0.25) is 0 Å². The van der Waals surface area contributed by atoms with Crippen molar-refractivity contribution in [1.29, 1.82) is 0 Å². The first kappa shape index (κ1) is 15.9. The highest BCUT2D eigenvalue weighted by atomic mass is 16.5. The first-order chi connectivity index (χ1) is 12.5. The van der Waals surface area contributed by atoms with Crippen molar-refractivity contribution in [3.05, 3.63) is 82.4 Å². The minimum Gasteiger partial charge on any atom is -0.507 e. The molecular formula is C21H15NO4. The van der Waals surface area contributed by atoms with Gasteiger partial charge in [-0.1, -0.05) is 36.4 Å². The third-order valence-electron chi connectivity index (χ3n) is 4.40. The molecule has 0 atom stereocenters. The molecule has 1 aliphatic carbocycles. The number of carbonyl (C=O) groups excluding carboxylic acids is 2. The third-order valence-corrected chi connectivity index (χ3v) is 4.40. The van der Waals surface area contributed by atoms with E-state index in [1.54, 1.807) is 36.4 Å². The van der Waals surface area contributed by atoms with Crippen LogP contribution in [0.2, 0.25) is 0 Å². The summed E-state index contributed by atoms with van der Waals surface area (Å²) in [6.45, 7) is 1.92. The van der Waals surface area contributed by atoms with E-state index in [0.29, 0.717) is 5.75 Å². The van der Waals surface area contributed by atoms with E-state index in [4.69, 9.17) is 10.5 Å². The Labute approximate surface area is 149 Å². The number of benzene rings is 3. The van der Waals surface area contributed by atoms with Gasteiger partial charge in [0.05, 0.1) is 16.8 Å². The zero-order valence-corrected chi connectivity index (χ0v) is 13.9. The SMILES string of the molecule is Cc1cccc(Oc2cc(O)c3c(c2N)C(=O)c2ccccc2C3=O)c1. The predicted molar refractivity (Wildman–Crippen MR) is 97.1 cm³/mol. The van der Waals surface area contributed by atoms with Crippen molar-refractivity contribution in [1.82, 2.24) is 0 Å². The molecule has 5 nitrogen and oxygen atoms in total. The van der Waals surface area contributed by atoms with Gasteiger partial charge in [0, 0.05) is 17.2 Å². The number of rotatable bonds is 2. The Morgan fingerprint density at radius 2 is 1.54 bits per heavy atom. The van der Waals surface area contributed by atoms with Gasteiger partial charge in [0.15, 0.2) is 17.3 Å². The minimum atomic E-state index is -0.429. The lowest BCUT2D eigenvalue weighted by Crippen LogP contribution is -2.22. The number of ketones is 2. The van der Waals surface area contributed by atoms with Gasteiger partial charge in [-0.15, -0.1) is 0 Å². The maximum Gasteiger partial charge on any atom is 0.198 e. The highest BCUT2D eigenvalue weighted by molar-refractivity contribution is 6.31. The molecule has 3 aromatic rings. The fraction of sp³-hybridized carbons (Fsp3) is 0.0476. The molecule has 1 aliphatic rings. The first-order valence-corrected chi connectivity index (χ1v) is 8.05. The summed E-state index contributed by atoms with van der Waals surface area (Å²) in [7, 11) is 0. The van der Waals surface area contributed by atoms with Crippen LogP contribution in [-0.2, 0) is 0 Å². The number of aryl methyl sites for hydroxylation is 1. The van der Waals surface area contributed by atoms with Gasteiger partial charge in [-0.2, -0.15) is 0 Å². The fourth-order valence-electron chi connectivity index (χ4n) is 3.16. The number of nitrogen functional groups attached to an aromatic ring is 1. The molecule has 0 saturated carbocycles. The third kappa shape index (κ3) is 2.33. The summed E-state index contributed by atoms with van der Waals surface area (Å²) in [5.41, 5.74) is 7.61. The van der Waals surface area contributed by atoms with Crippen molar-refractivity contribution in [3.63, 3.8) is 0 Å². The van der Waals surface area contributed by atoms with Crippen molar-refractivity contribution >= 4 is 17.3 Å². The number of phenols is 1. The van der Waals surface area contributed by atoms with E-state index in [9.17, 15) is 14.7 Å². The van der Waals surface area contributed by atoms with Crippen molar-refractivity contribution in [2.45, 2.75) is 6.92 Å². The van der Waals surface area contributed by atoms with Crippen LogP contribution in [0.5, 0.6) is 17.2 Å². The van der Waals surface area contributed by atoms with E-state index in [2.05, 4.69) is 0 Å². The zero-order valence-electron chi connectivity index (χ0n) is 13.9. The molecule has 0 heterocycles. The number of phenolic OH excluding ortho intramolecular Hbond substituents is 1. The number of ether oxygens (including phenoxy) is 1. The molecule has 0 spiro atoms. The van der Waals surface area contributed by atoms with E-state index < -0.39 is 11.6 Å². The van der Waals surface area contributed by atoms with Gasteiger partial charge >= 0.3 is 0 Å². The number of anilines is 1. The van der Waals surface area contributed by atoms with E-state index in [0.717, 1.165) is 5.56 Å². The Morgan fingerprint density at radius 3 is 2.19 bits per heavy atom. The summed E-state index contributed by atoms with van der Waals surface area (Å²) in [4.78, 5) is 25.6. The quantitative estimate of drug-likeness (QED) is 0.425. The van der Waals surface area contributed by atoms with E-state index >= 15 is 0 Å². The van der Waals surface area contributed by atoms with Gasteiger partial charge in [-0.05, 0) is 24.6 Å². The number of aromatic hydroxyl groups is 1. The molecule has 128 valence electrons. The van der Waals surface area contributed by atoms with E-state index in [1.165, 1.54) is 6.07 Å². The number of nitrogens with two attached hydrogens (primary N) is 1. The van der Waals surface area contributed by atoms with Crippen LogP contribution in [0.25, 0.3) is 0 Å². The highest BCUT2D eigenvalue weighted by Crippen LogP contribution is 2.42. The molecule has 4 rings (SSSR count). The Hall–Kier alpha value is -3.60. The van der Waals surface area contributed by atoms with E-state index in [-0.39, 0.29) is 39.4 Å². The molecule has 0 bridgehead atoms. The van der Waals surface area contributed by atoms with Crippen molar-refractivity contribution in [3.8, 4) is 17.2 Å². The lowest BCUT2D eigenvalue weighted by Gasteiger charge is -2.21. The van der Waals surface area contributed by atoms with Gasteiger partial charge in [-0.3, -0.25) is 9.59 Å². The molecule has 0 fully saturated rings. The van der Waals surface area contributed by atoms with Crippen LogP contribution in [-0.4, -0.2) is 16.7 Å². The lowest BCUT2D eigenvalue weighted by atomic mass is 9.82. The van der Waals surface area contributed by atoms with Crippen LogP contribution in [0.15, 0.2) is 54.6 Å². The van der Waals surface area contributed by atoms with Crippen LogP contribution >= 0.6 is 0 Å². The number of carbonyl (C=O) groups is 2. The summed E-state index contributed by atoms with van der Waals surface area (Å²) < 4.78 is 5.76. The monoisotopic (exact) mass is 345 g/mol. The molecule has 0 aromatic heterocycles. The summed E-state index contributed by atoms with van der Waals surface area (Å²) in [5.74, 6) is -0.512. The molecule has 0 saturated heterocycles. The molecule has 26 heavy (non-hydrogen) atoms. The second-order valence-corrected chi connectivity index (χ2v) is 6.18. The van der Waals surface area contributed by atoms with Gasteiger partial charge in [0.1, 0.15) is 11.5 Å². The Kier molecular flexibility index (Phi) is 3.51. The van der Waals surface area contributed by atoms with Crippen molar-refractivity contribution < 1.29 is 19.4 Å². The van der Waals surface area contributed by atoms with Crippen LogP contribution in [0.4, 0.5) is 5.69 Å². The van der Waals surface area contributed by atoms with Gasteiger partial charge in [-0.25, -0.2) is 0 Å². The summed E-state index contributed by atoms with van der Waals surface area (Å²) in [5, 5.41) is 10.4. The Morgan fingerprint density at radius 1 is 0.885 bits per heavy atom.